The van der Waals surface area contributed by atoms with Crippen LogP contribution in [0.15, 0.2) is 30.3 Å². The Kier molecular flexibility index (Phi) is 3.77. The van der Waals surface area contributed by atoms with Gasteiger partial charge in [-0.3, -0.25) is 10.1 Å². The van der Waals surface area contributed by atoms with Gasteiger partial charge in [0.15, 0.2) is 0 Å². The van der Waals surface area contributed by atoms with E-state index in [4.69, 9.17) is 21.6 Å². The second-order valence-corrected chi connectivity index (χ2v) is 3.99. The molecular formula is C12H5ClFN3O3. The predicted octanol–water partition coefficient (Wildman–Crippen LogP) is 3.45. The molecule has 1 aromatic carbocycles. The molecule has 0 radical (unpaired) electrons. The summed E-state index contributed by atoms with van der Waals surface area (Å²) in [7, 11) is 0. The minimum atomic E-state index is -0.784. The average molecular weight is 294 g/mol. The summed E-state index contributed by atoms with van der Waals surface area (Å²) >= 11 is 5.69. The van der Waals surface area contributed by atoms with E-state index < -0.39 is 16.4 Å². The molecule has 6 nitrogen and oxygen atoms in total. The topological polar surface area (TPSA) is 89.0 Å². The maximum atomic E-state index is 13.0. The van der Waals surface area contributed by atoms with Gasteiger partial charge in [0.2, 0.25) is 11.6 Å². The highest BCUT2D eigenvalue weighted by molar-refractivity contribution is 6.29. The first kappa shape index (κ1) is 13.7. The lowest BCUT2D eigenvalue weighted by atomic mass is 10.3. The van der Waals surface area contributed by atoms with E-state index in [-0.39, 0.29) is 22.3 Å². The van der Waals surface area contributed by atoms with Gasteiger partial charge in [-0.15, -0.1) is 0 Å². The van der Waals surface area contributed by atoms with Gasteiger partial charge in [0, 0.05) is 6.07 Å². The Labute approximate surface area is 117 Å². The molecule has 0 N–H and O–H groups in total. The molecule has 0 aliphatic carbocycles. The van der Waals surface area contributed by atoms with Crippen molar-refractivity contribution in [3.8, 4) is 17.7 Å². The number of nitriles is 1. The molecule has 2 aromatic rings. The van der Waals surface area contributed by atoms with Crippen molar-refractivity contribution >= 4 is 17.3 Å². The zero-order chi connectivity index (χ0) is 14.7. The Morgan fingerprint density at radius 2 is 2.15 bits per heavy atom. The van der Waals surface area contributed by atoms with Gasteiger partial charge in [-0.25, -0.2) is 9.37 Å². The minimum absolute atomic E-state index is 0.00353. The molecule has 0 saturated carbocycles. The molecule has 1 heterocycles. The van der Waals surface area contributed by atoms with Gasteiger partial charge in [-0.05, 0) is 18.2 Å². The molecule has 0 bridgehead atoms. The van der Waals surface area contributed by atoms with Gasteiger partial charge < -0.3 is 4.74 Å². The van der Waals surface area contributed by atoms with Crippen LogP contribution in [-0.4, -0.2) is 9.91 Å². The molecule has 20 heavy (non-hydrogen) atoms. The van der Waals surface area contributed by atoms with E-state index in [2.05, 4.69) is 4.98 Å². The summed E-state index contributed by atoms with van der Waals surface area (Å²) in [6, 6.07) is 7.26. The summed E-state index contributed by atoms with van der Waals surface area (Å²) in [6.07, 6.45) is 0. The summed E-state index contributed by atoms with van der Waals surface area (Å²) < 4.78 is 18.2. The summed E-state index contributed by atoms with van der Waals surface area (Å²) in [5.74, 6) is -1.06. The summed E-state index contributed by atoms with van der Waals surface area (Å²) in [4.78, 5) is 13.8. The molecule has 0 atom stereocenters. The molecule has 8 heteroatoms. The third-order valence-corrected chi connectivity index (χ3v) is 2.43. The van der Waals surface area contributed by atoms with Crippen LogP contribution in [0.1, 0.15) is 5.56 Å². The van der Waals surface area contributed by atoms with Crippen molar-refractivity contribution in [3.63, 3.8) is 0 Å². The first-order valence-corrected chi connectivity index (χ1v) is 5.57. The lowest BCUT2D eigenvalue weighted by Gasteiger charge is -2.06. The Bertz CT molecular complexity index is 730. The minimum Gasteiger partial charge on any atom is -0.432 e. The molecule has 0 aliphatic rings. The highest BCUT2D eigenvalue weighted by Crippen LogP contribution is 2.31. The lowest BCUT2D eigenvalue weighted by Crippen LogP contribution is -1.96. The number of benzene rings is 1. The number of aromatic nitrogens is 1. The van der Waals surface area contributed by atoms with Crippen molar-refractivity contribution < 1.29 is 14.1 Å². The SMILES string of the molecule is N#Cc1cc(Cl)nc(Oc2ccc(F)cc2[N+](=O)[O-])c1. The van der Waals surface area contributed by atoms with Crippen molar-refractivity contribution in [2.75, 3.05) is 0 Å². The lowest BCUT2D eigenvalue weighted by molar-refractivity contribution is -0.385. The Morgan fingerprint density at radius 1 is 1.40 bits per heavy atom. The fourth-order valence-electron chi connectivity index (χ4n) is 1.42. The highest BCUT2D eigenvalue weighted by atomic mass is 35.5. The van der Waals surface area contributed by atoms with E-state index in [0.29, 0.717) is 0 Å². The standard InChI is InChI=1S/C12H5ClFN3O3/c13-11-3-7(6-15)4-12(16-11)20-10-2-1-8(14)5-9(10)17(18)19/h1-5H. The molecule has 0 aliphatic heterocycles. The molecule has 0 unspecified atom stereocenters. The van der Waals surface area contributed by atoms with Gasteiger partial charge in [0.05, 0.1) is 22.6 Å². The first-order valence-electron chi connectivity index (χ1n) is 5.19. The number of nitro benzene ring substituents is 1. The molecular weight excluding hydrogens is 289 g/mol. The van der Waals surface area contributed by atoms with E-state index in [1.807, 2.05) is 6.07 Å². The van der Waals surface area contributed by atoms with E-state index in [0.717, 1.165) is 18.2 Å². The predicted molar refractivity (Wildman–Crippen MR) is 67.1 cm³/mol. The van der Waals surface area contributed by atoms with Gasteiger partial charge in [0.25, 0.3) is 0 Å². The zero-order valence-corrected chi connectivity index (χ0v) is 10.5. The van der Waals surface area contributed by atoms with E-state index in [1.165, 1.54) is 12.1 Å². The van der Waals surface area contributed by atoms with Crippen LogP contribution < -0.4 is 4.74 Å². The molecule has 2 rings (SSSR count). The fraction of sp³-hybridized carbons (Fsp3) is 0. The van der Waals surface area contributed by atoms with Gasteiger partial charge in [-0.1, -0.05) is 11.6 Å². The Morgan fingerprint density at radius 3 is 2.80 bits per heavy atom. The van der Waals surface area contributed by atoms with Crippen LogP contribution in [0.3, 0.4) is 0 Å². The highest BCUT2D eigenvalue weighted by Gasteiger charge is 2.17. The molecule has 0 spiro atoms. The number of nitro groups is 1. The van der Waals surface area contributed by atoms with Gasteiger partial charge >= 0.3 is 5.69 Å². The second kappa shape index (κ2) is 5.50. The van der Waals surface area contributed by atoms with Crippen LogP contribution in [0.25, 0.3) is 0 Å². The smallest absolute Gasteiger partial charge is 0.314 e. The number of rotatable bonds is 3. The second-order valence-electron chi connectivity index (χ2n) is 3.60. The monoisotopic (exact) mass is 293 g/mol. The van der Waals surface area contributed by atoms with E-state index in [1.54, 1.807) is 0 Å². The number of halogens is 2. The molecule has 0 fully saturated rings. The maximum Gasteiger partial charge on any atom is 0.314 e. The number of nitrogens with zero attached hydrogens (tertiary/aromatic N) is 3. The van der Waals surface area contributed by atoms with E-state index in [9.17, 15) is 14.5 Å². The Balaban J connectivity index is 2.42. The van der Waals surface area contributed by atoms with Crippen molar-refractivity contribution in [1.82, 2.24) is 4.98 Å². The zero-order valence-electron chi connectivity index (χ0n) is 9.71. The van der Waals surface area contributed by atoms with E-state index >= 15 is 0 Å². The molecule has 0 saturated heterocycles. The van der Waals surface area contributed by atoms with Crippen molar-refractivity contribution in [2.45, 2.75) is 0 Å². The Hall–Kier alpha value is -2.72. The first-order chi connectivity index (χ1) is 9.49. The van der Waals surface area contributed by atoms with Gasteiger partial charge in [0.1, 0.15) is 11.0 Å². The normalized spacial score (nSPS) is 9.85. The van der Waals surface area contributed by atoms with Crippen LogP contribution in [-0.2, 0) is 0 Å². The maximum absolute atomic E-state index is 13.0. The number of hydrogen-bond donors (Lipinski definition) is 0. The number of hydrogen-bond acceptors (Lipinski definition) is 5. The third kappa shape index (κ3) is 2.99. The number of ether oxygens (including phenoxy) is 1. The van der Waals surface area contributed by atoms with Crippen LogP contribution in [0.5, 0.6) is 11.6 Å². The summed E-state index contributed by atoms with van der Waals surface area (Å²) in [6.45, 7) is 0. The van der Waals surface area contributed by atoms with Crippen LogP contribution in [0, 0.1) is 27.3 Å². The molecule has 0 amide bonds. The number of pyridine rings is 1. The van der Waals surface area contributed by atoms with Crippen molar-refractivity contribution in [1.29, 1.82) is 5.26 Å². The van der Waals surface area contributed by atoms with Crippen LogP contribution >= 0.6 is 11.6 Å². The molecule has 100 valence electrons. The average Bonchev–Trinajstić information content (AvgIpc) is 2.40. The van der Waals surface area contributed by atoms with Gasteiger partial charge in [-0.2, -0.15) is 5.26 Å². The summed E-state index contributed by atoms with van der Waals surface area (Å²) in [5.41, 5.74) is -0.366. The van der Waals surface area contributed by atoms with Crippen LogP contribution in [0.2, 0.25) is 5.15 Å². The summed E-state index contributed by atoms with van der Waals surface area (Å²) in [5, 5.41) is 19.6. The quantitative estimate of drug-likeness (QED) is 0.491. The largest absolute Gasteiger partial charge is 0.432 e. The van der Waals surface area contributed by atoms with Crippen molar-refractivity contribution in [2.24, 2.45) is 0 Å². The third-order valence-electron chi connectivity index (χ3n) is 2.23. The van der Waals surface area contributed by atoms with Crippen molar-refractivity contribution in [3.05, 3.63) is 57.0 Å². The molecule has 1 aromatic heterocycles. The fourth-order valence-corrected chi connectivity index (χ4v) is 1.62. The van der Waals surface area contributed by atoms with Crippen LogP contribution in [0.4, 0.5) is 10.1 Å².